The summed E-state index contributed by atoms with van der Waals surface area (Å²) in [6.07, 6.45) is 0.994. The summed E-state index contributed by atoms with van der Waals surface area (Å²) in [7, 11) is 1.67. The van der Waals surface area contributed by atoms with Gasteiger partial charge in [-0.1, -0.05) is 18.2 Å². The van der Waals surface area contributed by atoms with Crippen LogP contribution in [0.1, 0.15) is 18.4 Å². The van der Waals surface area contributed by atoms with Gasteiger partial charge < -0.3 is 19.5 Å². The minimum atomic E-state index is -0.783. The van der Waals surface area contributed by atoms with Gasteiger partial charge in [-0.05, 0) is 25.0 Å². The molecule has 0 atom stereocenters. The predicted molar refractivity (Wildman–Crippen MR) is 83.0 cm³/mol. The molecule has 0 aliphatic heterocycles. The van der Waals surface area contributed by atoms with Gasteiger partial charge in [0.15, 0.2) is 0 Å². The van der Waals surface area contributed by atoms with Crippen LogP contribution >= 0.6 is 0 Å². The summed E-state index contributed by atoms with van der Waals surface area (Å²) in [5.41, 5.74) is 2.21. The monoisotopic (exact) mass is 295 g/mol. The Balaban J connectivity index is 2.49. The number of aliphatic carboxylic acids is 1. The zero-order chi connectivity index (χ0) is 15.5. The van der Waals surface area contributed by atoms with Gasteiger partial charge in [-0.25, -0.2) is 0 Å². The Hall–Kier alpha value is -1.59. The van der Waals surface area contributed by atoms with Crippen molar-refractivity contribution in [3.63, 3.8) is 0 Å². The van der Waals surface area contributed by atoms with E-state index in [0.717, 1.165) is 17.7 Å². The van der Waals surface area contributed by atoms with Crippen LogP contribution in [-0.2, 0) is 14.3 Å². The Bertz CT molecular complexity index is 422. The van der Waals surface area contributed by atoms with Gasteiger partial charge in [0.25, 0.3) is 0 Å². The van der Waals surface area contributed by atoms with Crippen LogP contribution in [0.15, 0.2) is 24.3 Å². The Morgan fingerprint density at radius 1 is 1.19 bits per heavy atom. The van der Waals surface area contributed by atoms with Crippen molar-refractivity contribution in [1.29, 1.82) is 0 Å². The number of benzene rings is 1. The number of nitrogens with zero attached hydrogens (tertiary/aromatic N) is 1. The zero-order valence-electron chi connectivity index (χ0n) is 12.9. The number of para-hydroxylation sites is 1. The first kappa shape index (κ1) is 17.5. The highest BCUT2D eigenvalue weighted by Gasteiger charge is 2.10. The standard InChI is InChI=1S/C16H25NO4/c1-14-6-3-4-7-15(14)17(9-8-16(18)19)10-13-21-12-5-11-20-2/h3-4,6-7H,5,8-13H2,1-2H3,(H,18,19). The van der Waals surface area contributed by atoms with Crippen LogP contribution in [0.25, 0.3) is 0 Å². The molecule has 1 aromatic rings. The summed E-state index contributed by atoms with van der Waals surface area (Å²) in [6, 6.07) is 8.00. The molecule has 0 saturated carbocycles. The normalized spacial score (nSPS) is 10.6. The molecule has 0 aliphatic rings. The molecular weight excluding hydrogens is 270 g/mol. The summed E-state index contributed by atoms with van der Waals surface area (Å²) in [6.45, 7) is 5.14. The van der Waals surface area contributed by atoms with Crippen LogP contribution in [0, 0.1) is 6.92 Å². The third kappa shape index (κ3) is 7.11. The number of carboxylic acid groups (broad SMARTS) is 1. The highest BCUT2D eigenvalue weighted by molar-refractivity contribution is 5.68. The largest absolute Gasteiger partial charge is 0.481 e. The van der Waals surface area contributed by atoms with E-state index in [9.17, 15) is 4.79 Å². The fourth-order valence-electron chi connectivity index (χ4n) is 2.08. The lowest BCUT2D eigenvalue weighted by Gasteiger charge is -2.25. The molecule has 0 fully saturated rings. The number of hydrogen-bond donors (Lipinski definition) is 1. The quantitative estimate of drug-likeness (QED) is 0.635. The Morgan fingerprint density at radius 2 is 1.95 bits per heavy atom. The summed E-state index contributed by atoms with van der Waals surface area (Å²) in [5, 5.41) is 8.88. The Labute approximate surface area is 126 Å². The number of carboxylic acids is 1. The lowest BCUT2D eigenvalue weighted by molar-refractivity contribution is -0.136. The molecular formula is C16H25NO4. The van der Waals surface area contributed by atoms with E-state index in [1.165, 1.54) is 0 Å². The van der Waals surface area contributed by atoms with Gasteiger partial charge in [0, 0.05) is 39.1 Å². The first-order chi connectivity index (χ1) is 10.1. The topological polar surface area (TPSA) is 59.0 Å². The van der Waals surface area contributed by atoms with Crippen molar-refractivity contribution in [3.8, 4) is 0 Å². The second kappa shape index (κ2) is 10.2. The van der Waals surface area contributed by atoms with Crippen molar-refractivity contribution in [2.45, 2.75) is 19.8 Å². The summed E-state index contributed by atoms with van der Waals surface area (Å²) in [4.78, 5) is 12.9. The molecule has 5 nitrogen and oxygen atoms in total. The highest BCUT2D eigenvalue weighted by Crippen LogP contribution is 2.19. The lowest BCUT2D eigenvalue weighted by atomic mass is 10.1. The molecule has 0 amide bonds. The highest BCUT2D eigenvalue weighted by atomic mass is 16.5. The van der Waals surface area contributed by atoms with Gasteiger partial charge >= 0.3 is 5.97 Å². The van der Waals surface area contributed by atoms with E-state index < -0.39 is 5.97 Å². The van der Waals surface area contributed by atoms with Crippen LogP contribution < -0.4 is 4.90 Å². The van der Waals surface area contributed by atoms with Crippen LogP contribution in [0.2, 0.25) is 0 Å². The molecule has 0 aromatic heterocycles. The van der Waals surface area contributed by atoms with Crippen molar-refractivity contribution < 1.29 is 19.4 Å². The average molecular weight is 295 g/mol. The van der Waals surface area contributed by atoms with E-state index >= 15 is 0 Å². The molecule has 0 saturated heterocycles. The maximum Gasteiger partial charge on any atom is 0.305 e. The van der Waals surface area contributed by atoms with Crippen molar-refractivity contribution in [2.75, 3.05) is 44.9 Å². The molecule has 0 aliphatic carbocycles. The van der Waals surface area contributed by atoms with Gasteiger partial charge in [0.05, 0.1) is 13.0 Å². The van der Waals surface area contributed by atoms with E-state index in [-0.39, 0.29) is 6.42 Å². The molecule has 1 N–H and O–H groups in total. The summed E-state index contributed by atoms with van der Waals surface area (Å²) in [5.74, 6) is -0.783. The van der Waals surface area contributed by atoms with E-state index in [4.69, 9.17) is 14.6 Å². The Kier molecular flexibility index (Phi) is 8.47. The number of rotatable bonds is 11. The van der Waals surface area contributed by atoms with Gasteiger partial charge in [-0.3, -0.25) is 4.79 Å². The molecule has 5 heteroatoms. The SMILES string of the molecule is COCCCOCCN(CCC(=O)O)c1ccccc1C. The number of ether oxygens (including phenoxy) is 2. The lowest BCUT2D eigenvalue weighted by Crippen LogP contribution is -2.30. The zero-order valence-corrected chi connectivity index (χ0v) is 12.9. The van der Waals surface area contributed by atoms with Crippen LogP contribution in [0.5, 0.6) is 0 Å². The van der Waals surface area contributed by atoms with Crippen LogP contribution in [0.4, 0.5) is 5.69 Å². The minimum absolute atomic E-state index is 0.123. The maximum atomic E-state index is 10.8. The fourth-order valence-corrected chi connectivity index (χ4v) is 2.08. The van der Waals surface area contributed by atoms with Gasteiger partial charge in [0.2, 0.25) is 0 Å². The third-order valence-corrected chi connectivity index (χ3v) is 3.19. The number of hydrogen-bond acceptors (Lipinski definition) is 4. The van der Waals surface area contributed by atoms with Crippen molar-refractivity contribution >= 4 is 11.7 Å². The van der Waals surface area contributed by atoms with Gasteiger partial charge in [-0.15, -0.1) is 0 Å². The molecule has 0 heterocycles. The van der Waals surface area contributed by atoms with E-state index in [1.807, 2.05) is 31.2 Å². The van der Waals surface area contributed by atoms with Gasteiger partial charge in [0.1, 0.15) is 0 Å². The number of carbonyl (C=O) groups is 1. The molecule has 1 aromatic carbocycles. The first-order valence-electron chi connectivity index (χ1n) is 7.24. The molecule has 118 valence electrons. The second-order valence-electron chi connectivity index (χ2n) is 4.88. The Morgan fingerprint density at radius 3 is 2.62 bits per heavy atom. The van der Waals surface area contributed by atoms with E-state index in [1.54, 1.807) is 7.11 Å². The first-order valence-corrected chi connectivity index (χ1v) is 7.24. The number of aryl methyl sites for hydroxylation is 1. The molecule has 0 unspecified atom stereocenters. The van der Waals surface area contributed by atoms with E-state index in [2.05, 4.69) is 4.90 Å². The molecule has 21 heavy (non-hydrogen) atoms. The van der Waals surface area contributed by atoms with Gasteiger partial charge in [-0.2, -0.15) is 0 Å². The van der Waals surface area contributed by atoms with Crippen molar-refractivity contribution in [3.05, 3.63) is 29.8 Å². The molecule has 0 spiro atoms. The maximum absolute atomic E-state index is 10.8. The summed E-state index contributed by atoms with van der Waals surface area (Å²) < 4.78 is 10.5. The number of anilines is 1. The minimum Gasteiger partial charge on any atom is -0.481 e. The van der Waals surface area contributed by atoms with E-state index in [0.29, 0.717) is 32.9 Å². The molecule has 1 rings (SSSR count). The summed E-state index contributed by atoms with van der Waals surface area (Å²) >= 11 is 0. The number of methoxy groups -OCH3 is 1. The fraction of sp³-hybridized carbons (Fsp3) is 0.562. The van der Waals surface area contributed by atoms with Crippen LogP contribution in [0.3, 0.4) is 0 Å². The van der Waals surface area contributed by atoms with Crippen LogP contribution in [-0.4, -0.2) is 51.1 Å². The molecule has 0 bridgehead atoms. The predicted octanol–water partition coefficient (Wildman–Crippen LogP) is 2.33. The smallest absolute Gasteiger partial charge is 0.305 e. The molecule has 0 radical (unpaired) electrons. The second-order valence-corrected chi connectivity index (χ2v) is 4.88. The van der Waals surface area contributed by atoms with Crippen molar-refractivity contribution in [1.82, 2.24) is 0 Å². The average Bonchev–Trinajstić information content (AvgIpc) is 2.46. The van der Waals surface area contributed by atoms with Crippen molar-refractivity contribution in [2.24, 2.45) is 0 Å². The third-order valence-electron chi connectivity index (χ3n) is 3.19.